The predicted octanol–water partition coefficient (Wildman–Crippen LogP) is 1.96. The highest BCUT2D eigenvalue weighted by Gasteiger charge is 2.18. The van der Waals surface area contributed by atoms with E-state index < -0.39 is 5.97 Å². The number of hydrogen-bond donors (Lipinski definition) is 3. The number of aromatic carboxylic acids is 1. The maximum Gasteiger partial charge on any atom is 0.354 e. The molecule has 116 valence electrons. The summed E-state index contributed by atoms with van der Waals surface area (Å²) in [4.78, 5) is 26.1. The number of nitrogens with zero attached hydrogens (tertiary/aromatic N) is 1. The number of anilines is 1. The van der Waals surface area contributed by atoms with Crippen LogP contribution in [0.1, 0.15) is 30.8 Å². The number of aromatic nitrogens is 1. The van der Waals surface area contributed by atoms with Crippen molar-refractivity contribution in [2.75, 3.05) is 25.6 Å². The van der Waals surface area contributed by atoms with Crippen molar-refractivity contribution in [1.29, 1.82) is 0 Å². The van der Waals surface area contributed by atoms with E-state index in [1.165, 1.54) is 18.3 Å². The minimum Gasteiger partial charge on any atom is -0.477 e. The summed E-state index contributed by atoms with van der Waals surface area (Å²) in [5.41, 5.74) is 0.299. The van der Waals surface area contributed by atoms with Gasteiger partial charge in [-0.3, -0.25) is 0 Å². The second-order valence-electron chi connectivity index (χ2n) is 5.45. The molecule has 1 aromatic heterocycles. The second-order valence-corrected chi connectivity index (χ2v) is 5.45. The van der Waals surface area contributed by atoms with Gasteiger partial charge in [0.25, 0.3) is 0 Å². The molecule has 7 nitrogen and oxygen atoms in total. The third-order valence-electron chi connectivity index (χ3n) is 2.95. The number of ether oxygens (including phenoxy) is 1. The van der Waals surface area contributed by atoms with E-state index >= 15 is 0 Å². The minimum absolute atomic E-state index is 0.0679. The Balaban J connectivity index is 2.45. The standard InChI is InChI=1S/C14H21N3O4/c1-14(2,6-7-21-3)9-16-13(20)17-10-4-5-11(12(18)19)15-8-10/h4-5,8H,6-7,9H2,1-3H3,(H,18,19)(H2,16,17,20). The number of hydrogen-bond acceptors (Lipinski definition) is 4. The second kappa shape index (κ2) is 7.58. The van der Waals surface area contributed by atoms with Gasteiger partial charge >= 0.3 is 12.0 Å². The normalized spacial score (nSPS) is 11.0. The number of carboxylic acid groups (broad SMARTS) is 1. The Morgan fingerprint density at radius 1 is 1.38 bits per heavy atom. The van der Waals surface area contributed by atoms with Crippen LogP contribution in [0.25, 0.3) is 0 Å². The molecule has 0 aliphatic heterocycles. The Morgan fingerprint density at radius 2 is 2.10 bits per heavy atom. The van der Waals surface area contributed by atoms with E-state index in [0.717, 1.165) is 6.42 Å². The lowest BCUT2D eigenvalue weighted by molar-refractivity contribution is 0.0690. The summed E-state index contributed by atoms with van der Waals surface area (Å²) in [5.74, 6) is -1.11. The number of rotatable bonds is 7. The van der Waals surface area contributed by atoms with Gasteiger partial charge < -0.3 is 20.5 Å². The smallest absolute Gasteiger partial charge is 0.354 e. The fourth-order valence-corrected chi connectivity index (χ4v) is 1.56. The molecule has 0 aliphatic rings. The molecule has 0 fully saturated rings. The highest BCUT2D eigenvalue weighted by Crippen LogP contribution is 2.18. The SMILES string of the molecule is COCCC(C)(C)CNC(=O)Nc1ccc(C(=O)O)nc1. The largest absolute Gasteiger partial charge is 0.477 e. The Morgan fingerprint density at radius 3 is 2.62 bits per heavy atom. The fraction of sp³-hybridized carbons (Fsp3) is 0.500. The first-order valence-electron chi connectivity index (χ1n) is 6.57. The van der Waals surface area contributed by atoms with Crippen LogP contribution in [-0.4, -0.2) is 42.4 Å². The Kier molecular flexibility index (Phi) is 6.10. The van der Waals surface area contributed by atoms with Crippen molar-refractivity contribution in [1.82, 2.24) is 10.3 Å². The molecule has 21 heavy (non-hydrogen) atoms. The number of nitrogens with one attached hydrogen (secondary N) is 2. The van der Waals surface area contributed by atoms with Gasteiger partial charge in [0.2, 0.25) is 0 Å². The van der Waals surface area contributed by atoms with Gasteiger partial charge in [0.15, 0.2) is 0 Å². The van der Waals surface area contributed by atoms with Gasteiger partial charge in [-0.25, -0.2) is 14.6 Å². The lowest BCUT2D eigenvalue weighted by Gasteiger charge is -2.24. The third kappa shape index (κ3) is 6.22. The van der Waals surface area contributed by atoms with E-state index in [1.807, 2.05) is 13.8 Å². The van der Waals surface area contributed by atoms with Gasteiger partial charge in [0.1, 0.15) is 5.69 Å². The molecule has 1 rings (SSSR count). The maximum atomic E-state index is 11.8. The molecule has 7 heteroatoms. The van der Waals surface area contributed by atoms with Crippen LogP contribution in [0, 0.1) is 5.41 Å². The molecule has 3 N–H and O–H groups in total. The van der Waals surface area contributed by atoms with E-state index in [-0.39, 0.29) is 17.1 Å². The topological polar surface area (TPSA) is 101 Å². The first kappa shape index (κ1) is 16.9. The highest BCUT2D eigenvalue weighted by atomic mass is 16.5. The third-order valence-corrected chi connectivity index (χ3v) is 2.95. The average Bonchev–Trinajstić information content (AvgIpc) is 2.44. The molecule has 2 amide bonds. The maximum absolute atomic E-state index is 11.8. The zero-order valence-corrected chi connectivity index (χ0v) is 12.5. The summed E-state index contributed by atoms with van der Waals surface area (Å²) in [6.07, 6.45) is 2.14. The number of carbonyl (C=O) groups excluding carboxylic acids is 1. The van der Waals surface area contributed by atoms with Crippen LogP contribution in [0.2, 0.25) is 0 Å². The minimum atomic E-state index is -1.11. The van der Waals surface area contributed by atoms with Gasteiger partial charge in [0.05, 0.1) is 11.9 Å². The van der Waals surface area contributed by atoms with Gasteiger partial charge in [-0.15, -0.1) is 0 Å². The quantitative estimate of drug-likeness (QED) is 0.714. The fourth-order valence-electron chi connectivity index (χ4n) is 1.56. The van der Waals surface area contributed by atoms with E-state index in [2.05, 4.69) is 15.6 Å². The monoisotopic (exact) mass is 295 g/mol. The van der Waals surface area contributed by atoms with E-state index in [4.69, 9.17) is 9.84 Å². The Bertz CT molecular complexity index is 485. The lowest BCUT2D eigenvalue weighted by atomic mass is 9.90. The van der Waals surface area contributed by atoms with Crippen LogP contribution < -0.4 is 10.6 Å². The van der Waals surface area contributed by atoms with Crippen molar-refractivity contribution in [2.45, 2.75) is 20.3 Å². The molecule has 0 bridgehead atoms. The van der Waals surface area contributed by atoms with Crippen molar-refractivity contribution in [2.24, 2.45) is 5.41 Å². The molecule has 0 saturated heterocycles. The summed E-state index contributed by atoms with van der Waals surface area (Å²) in [6, 6.07) is 2.47. The molecule has 0 saturated carbocycles. The molecule has 0 aromatic carbocycles. The zero-order chi connectivity index (χ0) is 15.9. The van der Waals surface area contributed by atoms with Gasteiger partial charge in [-0.05, 0) is 24.0 Å². The van der Waals surface area contributed by atoms with Crippen LogP contribution in [-0.2, 0) is 4.74 Å². The summed E-state index contributed by atoms with van der Waals surface area (Å²) >= 11 is 0. The zero-order valence-electron chi connectivity index (χ0n) is 12.5. The van der Waals surface area contributed by atoms with Crippen LogP contribution in [0.5, 0.6) is 0 Å². The summed E-state index contributed by atoms with van der Waals surface area (Å²) in [7, 11) is 1.64. The van der Waals surface area contributed by atoms with Crippen molar-refractivity contribution in [3.05, 3.63) is 24.0 Å². The molecule has 1 heterocycles. The predicted molar refractivity (Wildman–Crippen MR) is 78.5 cm³/mol. The Hall–Kier alpha value is -2.15. The van der Waals surface area contributed by atoms with Crippen LogP contribution in [0.15, 0.2) is 18.3 Å². The van der Waals surface area contributed by atoms with Crippen molar-refractivity contribution >= 4 is 17.7 Å². The summed E-state index contributed by atoms with van der Waals surface area (Å²) in [6.45, 7) is 5.21. The molecule has 0 aliphatic carbocycles. The number of carboxylic acids is 1. The lowest BCUT2D eigenvalue weighted by Crippen LogP contribution is -2.37. The molecular formula is C14H21N3O4. The van der Waals surface area contributed by atoms with Crippen molar-refractivity contribution in [3.63, 3.8) is 0 Å². The number of methoxy groups -OCH3 is 1. The van der Waals surface area contributed by atoms with E-state index in [0.29, 0.717) is 18.8 Å². The van der Waals surface area contributed by atoms with Crippen LogP contribution >= 0.6 is 0 Å². The van der Waals surface area contributed by atoms with E-state index in [9.17, 15) is 9.59 Å². The number of amides is 2. The molecule has 0 unspecified atom stereocenters. The van der Waals surface area contributed by atoms with Crippen LogP contribution in [0.3, 0.4) is 0 Å². The number of carbonyl (C=O) groups is 2. The van der Waals surface area contributed by atoms with Crippen molar-refractivity contribution < 1.29 is 19.4 Å². The van der Waals surface area contributed by atoms with Gasteiger partial charge in [-0.2, -0.15) is 0 Å². The van der Waals surface area contributed by atoms with E-state index in [1.54, 1.807) is 7.11 Å². The highest BCUT2D eigenvalue weighted by molar-refractivity contribution is 5.90. The van der Waals surface area contributed by atoms with Gasteiger partial charge in [0, 0.05) is 20.3 Å². The first-order chi connectivity index (χ1) is 9.84. The van der Waals surface area contributed by atoms with Crippen LogP contribution in [0.4, 0.5) is 10.5 Å². The molecule has 0 radical (unpaired) electrons. The molecule has 0 spiro atoms. The Labute approximate surface area is 123 Å². The first-order valence-corrected chi connectivity index (χ1v) is 6.57. The number of urea groups is 1. The molecule has 0 atom stereocenters. The summed E-state index contributed by atoms with van der Waals surface area (Å²) in [5, 5.41) is 14.1. The van der Waals surface area contributed by atoms with Gasteiger partial charge in [-0.1, -0.05) is 13.8 Å². The molecular weight excluding hydrogens is 274 g/mol. The van der Waals surface area contributed by atoms with Crippen molar-refractivity contribution in [3.8, 4) is 0 Å². The molecule has 1 aromatic rings. The number of pyridine rings is 1. The summed E-state index contributed by atoms with van der Waals surface area (Å²) < 4.78 is 5.03. The average molecular weight is 295 g/mol.